The number of rotatable bonds is 3. The van der Waals surface area contributed by atoms with E-state index in [4.69, 9.17) is 5.11 Å². The van der Waals surface area contributed by atoms with Gasteiger partial charge in [-0.2, -0.15) is 0 Å². The summed E-state index contributed by atoms with van der Waals surface area (Å²) in [4.78, 5) is 11.5. The van der Waals surface area contributed by atoms with E-state index in [1.807, 2.05) is 4.40 Å². The third-order valence-corrected chi connectivity index (χ3v) is 4.08. The van der Waals surface area contributed by atoms with Gasteiger partial charge in [0, 0.05) is 6.42 Å². The zero-order valence-corrected chi connectivity index (χ0v) is 11.5. The van der Waals surface area contributed by atoms with Crippen molar-refractivity contribution in [2.45, 2.75) is 26.7 Å². The first-order chi connectivity index (χ1) is 9.06. The molecule has 1 aromatic carbocycles. The molecule has 0 aliphatic rings. The van der Waals surface area contributed by atoms with Gasteiger partial charge in [0.15, 0.2) is 0 Å². The van der Waals surface area contributed by atoms with Crippen molar-refractivity contribution in [2.24, 2.45) is 0 Å². The van der Waals surface area contributed by atoms with Crippen molar-refractivity contribution in [1.82, 2.24) is 14.6 Å². The van der Waals surface area contributed by atoms with Crippen molar-refractivity contribution < 1.29 is 9.90 Å². The number of aromatic nitrogens is 3. The van der Waals surface area contributed by atoms with Crippen LogP contribution in [0.25, 0.3) is 15.2 Å². The van der Waals surface area contributed by atoms with Crippen LogP contribution in [0, 0.1) is 13.8 Å². The Bertz CT molecular complexity index is 788. The number of benzene rings is 1. The maximum atomic E-state index is 10.7. The van der Waals surface area contributed by atoms with Crippen LogP contribution in [-0.2, 0) is 11.2 Å². The molecule has 0 atom stereocenters. The Kier molecular flexibility index (Phi) is 2.74. The number of carbonyl (C=O) groups is 1. The second kappa shape index (κ2) is 4.31. The molecular weight excluding hydrogens is 262 g/mol. The van der Waals surface area contributed by atoms with E-state index >= 15 is 0 Å². The lowest BCUT2D eigenvalue weighted by molar-refractivity contribution is -0.137. The van der Waals surface area contributed by atoms with Gasteiger partial charge < -0.3 is 5.11 Å². The molecule has 0 saturated heterocycles. The molecule has 2 heterocycles. The van der Waals surface area contributed by atoms with Gasteiger partial charge in [-0.3, -0.25) is 9.20 Å². The Morgan fingerprint density at radius 3 is 2.89 bits per heavy atom. The first-order valence-electron chi connectivity index (χ1n) is 6.02. The molecule has 98 valence electrons. The number of aryl methyl sites for hydroxylation is 3. The minimum absolute atomic E-state index is 0.0725. The molecule has 0 amide bonds. The van der Waals surface area contributed by atoms with Gasteiger partial charge in [-0.1, -0.05) is 17.4 Å². The molecular formula is C13H13N3O2S. The van der Waals surface area contributed by atoms with Crippen LogP contribution in [-0.4, -0.2) is 25.7 Å². The summed E-state index contributed by atoms with van der Waals surface area (Å²) in [7, 11) is 0. The van der Waals surface area contributed by atoms with Crippen LogP contribution in [0.15, 0.2) is 12.1 Å². The number of carboxylic acid groups (broad SMARTS) is 1. The summed E-state index contributed by atoms with van der Waals surface area (Å²) in [6.07, 6.45) is 0.471. The summed E-state index contributed by atoms with van der Waals surface area (Å²) in [5, 5.41) is 17.0. The van der Waals surface area contributed by atoms with Crippen LogP contribution in [0.2, 0.25) is 0 Å². The molecule has 1 N–H and O–H groups in total. The quantitative estimate of drug-likeness (QED) is 0.797. The molecule has 0 aliphatic heterocycles. The van der Waals surface area contributed by atoms with Crippen LogP contribution in [0.1, 0.15) is 23.4 Å². The smallest absolute Gasteiger partial charge is 0.303 e. The molecule has 0 radical (unpaired) electrons. The Morgan fingerprint density at radius 2 is 2.16 bits per heavy atom. The lowest BCUT2D eigenvalue weighted by Gasteiger charge is -2.02. The monoisotopic (exact) mass is 275 g/mol. The number of carboxylic acids is 1. The normalized spacial score (nSPS) is 11.5. The van der Waals surface area contributed by atoms with E-state index in [-0.39, 0.29) is 6.42 Å². The van der Waals surface area contributed by atoms with E-state index in [0.29, 0.717) is 6.42 Å². The Hall–Kier alpha value is -1.95. The molecule has 0 unspecified atom stereocenters. The average molecular weight is 275 g/mol. The van der Waals surface area contributed by atoms with E-state index < -0.39 is 5.97 Å². The molecule has 0 spiro atoms. The molecule has 0 bridgehead atoms. The fraction of sp³-hybridized carbons (Fsp3) is 0.308. The number of hydrogen-bond donors (Lipinski definition) is 1. The van der Waals surface area contributed by atoms with Gasteiger partial charge in [-0.15, -0.1) is 10.2 Å². The van der Waals surface area contributed by atoms with Crippen molar-refractivity contribution in [1.29, 1.82) is 0 Å². The zero-order chi connectivity index (χ0) is 13.6. The van der Waals surface area contributed by atoms with Crippen molar-refractivity contribution in [3.63, 3.8) is 0 Å². The Labute approximate surface area is 113 Å². The van der Waals surface area contributed by atoms with Crippen molar-refractivity contribution in [2.75, 3.05) is 0 Å². The van der Waals surface area contributed by atoms with Gasteiger partial charge >= 0.3 is 5.97 Å². The SMILES string of the molecule is Cc1cc(C)c2c(c1)sc1nnc(CCC(=O)O)n12. The van der Waals surface area contributed by atoms with Gasteiger partial charge in [0.05, 0.1) is 16.6 Å². The summed E-state index contributed by atoms with van der Waals surface area (Å²) < 4.78 is 3.15. The number of thiazole rings is 1. The van der Waals surface area contributed by atoms with Crippen LogP contribution < -0.4 is 0 Å². The van der Waals surface area contributed by atoms with Crippen molar-refractivity contribution in [3.05, 3.63) is 29.1 Å². The second-order valence-corrected chi connectivity index (χ2v) is 5.67. The van der Waals surface area contributed by atoms with E-state index in [0.717, 1.165) is 21.9 Å². The van der Waals surface area contributed by atoms with Crippen molar-refractivity contribution >= 4 is 32.5 Å². The number of fused-ring (bicyclic) bond motifs is 3. The molecule has 0 fully saturated rings. The molecule has 3 aromatic rings. The highest BCUT2D eigenvalue weighted by molar-refractivity contribution is 7.23. The molecule has 6 heteroatoms. The highest BCUT2D eigenvalue weighted by Gasteiger charge is 2.15. The zero-order valence-electron chi connectivity index (χ0n) is 10.7. The topological polar surface area (TPSA) is 67.5 Å². The highest BCUT2D eigenvalue weighted by Crippen LogP contribution is 2.30. The van der Waals surface area contributed by atoms with E-state index in [2.05, 4.69) is 36.2 Å². The molecule has 0 saturated carbocycles. The van der Waals surface area contributed by atoms with Crippen LogP contribution >= 0.6 is 11.3 Å². The van der Waals surface area contributed by atoms with Crippen LogP contribution in [0.4, 0.5) is 0 Å². The molecule has 2 aromatic heterocycles. The number of aliphatic carboxylic acids is 1. The first kappa shape index (κ1) is 12.1. The van der Waals surface area contributed by atoms with Gasteiger partial charge in [-0.05, 0) is 31.0 Å². The average Bonchev–Trinajstić information content (AvgIpc) is 2.84. The third kappa shape index (κ3) is 1.98. The first-order valence-corrected chi connectivity index (χ1v) is 6.83. The van der Waals surface area contributed by atoms with Gasteiger partial charge in [0.25, 0.3) is 0 Å². The minimum Gasteiger partial charge on any atom is -0.481 e. The maximum Gasteiger partial charge on any atom is 0.303 e. The predicted octanol–water partition coefficient (Wildman–Crippen LogP) is 2.58. The summed E-state index contributed by atoms with van der Waals surface area (Å²) >= 11 is 1.59. The number of nitrogens with zero attached hydrogens (tertiary/aromatic N) is 3. The third-order valence-electron chi connectivity index (χ3n) is 3.10. The fourth-order valence-corrected chi connectivity index (χ4v) is 3.52. The highest BCUT2D eigenvalue weighted by atomic mass is 32.1. The molecule has 19 heavy (non-hydrogen) atoms. The maximum absolute atomic E-state index is 10.7. The second-order valence-electron chi connectivity index (χ2n) is 4.66. The van der Waals surface area contributed by atoms with Crippen LogP contribution in [0.3, 0.4) is 0 Å². The molecule has 5 nitrogen and oxygen atoms in total. The van der Waals surface area contributed by atoms with Gasteiger partial charge in [-0.25, -0.2) is 0 Å². The summed E-state index contributed by atoms with van der Waals surface area (Å²) in [6, 6.07) is 4.25. The summed E-state index contributed by atoms with van der Waals surface area (Å²) in [6.45, 7) is 4.13. The fourth-order valence-electron chi connectivity index (χ4n) is 2.36. The van der Waals surface area contributed by atoms with E-state index in [9.17, 15) is 4.79 Å². The summed E-state index contributed by atoms with van der Waals surface area (Å²) in [5.41, 5.74) is 3.48. The summed E-state index contributed by atoms with van der Waals surface area (Å²) in [5.74, 6) is -0.0977. The van der Waals surface area contributed by atoms with E-state index in [1.165, 1.54) is 10.3 Å². The van der Waals surface area contributed by atoms with Crippen molar-refractivity contribution in [3.8, 4) is 0 Å². The Balaban J connectivity index is 2.22. The lowest BCUT2D eigenvalue weighted by Crippen LogP contribution is -2.01. The standard InChI is InChI=1S/C13H13N3O2S/c1-7-5-8(2)12-9(6-7)19-13-15-14-10(16(12)13)3-4-11(17)18/h5-6H,3-4H2,1-2H3,(H,17,18). The minimum atomic E-state index is -0.816. The Morgan fingerprint density at radius 1 is 1.37 bits per heavy atom. The number of hydrogen-bond acceptors (Lipinski definition) is 4. The largest absolute Gasteiger partial charge is 0.481 e. The lowest BCUT2D eigenvalue weighted by atomic mass is 10.1. The van der Waals surface area contributed by atoms with E-state index in [1.54, 1.807) is 11.3 Å². The predicted molar refractivity (Wildman–Crippen MR) is 73.8 cm³/mol. The van der Waals surface area contributed by atoms with Gasteiger partial charge in [0.2, 0.25) is 4.96 Å². The van der Waals surface area contributed by atoms with Gasteiger partial charge in [0.1, 0.15) is 5.82 Å². The molecule has 0 aliphatic carbocycles. The van der Waals surface area contributed by atoms with Crippen LogP contribution in [0.5, 0.6) is 0 Å². The molecule has 3 rings (SSSR count).